The van der Waals surface area contributed by atoms with Crippen LogP contribution in [0.4, 0.5) is 0 Å². The Morgan fingerprint density at radius 1 is 1.09 bits per heavy atom. The lowest BCUT2D eigenvalue weighted by Crippen LogP contribution is -2.42. The molecule has 2 aromatic carbocycles. The van der Waals surface area contributed by atoms with Gasteiger partial charge in [0.15, 0.2) is 0 Å². The van der Waals surface area contributed by atoms with Gasteiger partial charge < -0.3 is 11.1 Å². The maximum Gasteiger partial charge on any atom is 0.251 e. The summed E-state index contributed by atoms with van der Waals surface area (Å²) in [5, 5.41) is 3.11. The Morgan fingerprint density at radius 3 is 2.39 bits per heavy atom. The van der Waals surface area contributed by atoms with Gasteiger partial charge in [-0.05, 0) is 42.4 Å². The van der Waals surface area contributed by atoms with Crippen LogP contribution in [0.3, 0.4) is 0 Å². The van der Waals surface area contributed by atoms with Crippen molar-refractivity contribution in [2.24, 2.45) is 11.7 Å². The van der Waals surface area contributed by atoms with E-state index in [0.717, 1.165) is 17.5 Å². The first-order chi connectivity index (χ1) is 10.8. The zero-order valence-corrected chi connectivity index (χ0v) is 13.9. The molecule has 1 fully saturated rings. The molecule has 0 aliphatic heterocycles. The van der Waals surface area contributed by atoms with Crippen molar-refractivity contribution in [1.29, 1.82) is 0 Å². The Hall–Kier alpha value is -1.84. The van der Waals surface area contributed by atoms with Crippen molar-refractivity contribution in [1.82, 2.24) is 5.32 Å². The van der Waals surface area contributed by atoms with Crippen molar-refractivity contribution in [2.45, 2.75) is 25.3 Å². The minimum absolute atomic E-state index is 0. The van der Waals surface area contributed by atoms with Crippen LogP contribution in [0.2, 0.25) is 0 Å². The molecule has 1 amide bonds. The van der Waals surface area contributed by atoms with E-state index in [2.05, 4.69) is 17.4 Å². The summed E-state index contributed by atoms with van der Waals surface area (Å²) in [4.78, 5) is 12.6. The highest BCUT2D eigenvalue weighted by Crippen LogP contribution is 2.32. The first-order valence-electron chi connectivity index (χ1n) is 7.90. The van der Waals surface area contributed by atoms with Crippen LogP contribution >= 0.6 is 12.4 Å². The smallest absolute Gasteiger partial charge is 0.251 e. The van der Waals surface area contributed by atoms with E-state index in [1.165, 1.54) is 18.4 Å². The molecule has 1 atom stereocenters. The van der Waals surface area contributed by atoms with E-state index >= 15 is 0 Å². The van der Waals surface area contributed by atoms with E-state index in [4.69, 9.17) is 5.73 Å². The molecule has 4 heteroatoms. The maximum atomic E-state index is 12.6. The van der Waals surface area contributed by atoms with Crippen LogP contribution in [-0.4, -0.2) is 18.5 Å². The molecule has 1 aliphatic carbocycles. The summed E-state index contributed by atoms with van der Waals surface area (Å²) in [5.41, 5.74) is 8.80. The van der Waals surface area contributed by atoms with Gasteiger partial charge in [-0.15, -0.1) is 12.4 Å². The first kappa shape index (κ1) is 17.5. The lowest BCUT2D eigenvalue weighted by molar-refractivity contribution is 0.0932. The van der Waals surface area contributed by atoms with Crippen molar-refractivity contribution < 1.29 is 4.79 Å². The molecule has 0 saturated heterocycles. The zero-order valence-electron chi connectivity index (χ0n) is 13.1. The summed E-state index contributed by atoms with van der Waals surface area (Å²) >= 11 is 0. The Labute approximate surface area is 143 Å². The standard InChI is InChI=1S/C19H22N2O.ClH/c20-13-18(15-10-11-15)21-19(22)17-9-5-4-8-16(17)12-14-6-2-1-3-7-14;/h1-9,15,18H,10-13,20H2,(H,21,22);1H. The number of hydrogen-bond acceptors (Lipinski definition) is 2. The third-order valence-corrected chi connectivity index (χ3v) is 4.26. The van der Waals surface area contributed by atoms with Crippen molar-refractivity contribution >= 4 is 18.3 Å². The van der Waals surface area contributed by atoms with Gasteiger partial charge in [-0.3, -0.25) is 4.79 Å². The molecule has 1 aliphatic rings. The van der Waals surface area contributed by atoms with E-state index in [0.29, 0.717) is 12.5 Å². The van der Waals surface area contributed by atoms with Gasteiger partial charge in [0.1, 0.15) is 0 Å². The molecule has 0 radical (unpaired) electrons. The SMILES string of the molecule is Cl.NCC(NC(=O)c1ccccc1Cc1ccccc1)C1CC1. The average molecular weight is 331 g/mol. The minimum Gasteiger partial charge on any atom is -0.348 e. The summed E-state index contributed by atoms with van der Waals surface area (Å²) in [6.45, 7) is 0.511. The summed E-state index contributed by atoms with van der Waals surface area (Å²) in [5.74, 6) is 0.559. The van der Waals surface area contributed by atoms with Gasteiger partial charge in [-0.2, -0.15) is 0 Å². The highest BCUT2D eigenvalue weighted by molar-refractivity contribution is 5.96. The van der Waals surface area contributed by atoms with Gasteiger partial charge in [0.25, 0.3) is 5.91 Å². The van der Waals surface area contributed by atoms with Gasteiger partial charge in [0.2, 0.25) is 0 Å². The topological polar surface area (TPSA) is 55.1 Å². The van der Waals surface area contributed by atoms with E-state index in [-0.39, 0.29) is 24.4 Å². The quantitative estimate of drug-likeness (QED) is 0.854. The van der Waals surface area contributed by atoms with Crippen LogP contribution in [0, 0.1) is 5.92 Å². The van der Waals surface area contributed by atoms with E-state index in [1.807, 2.05) is 42.5 Å². The van der Waals surface area contributed by atoms with Gasteiger partial charge >= 0.3 is 0 Å². The molecule has 1 saturated carbocycles. The third kappa shape index (κ3) is 4.57. The summed E-state index contributed by atoms with van der Waals surface area (Å²) in [6, 6.07) is 18.1. The average Bonchev–Trinajstić information content (AvgIpc) is 3.39. The summed E-state index contributed by atoms with van der Waals surface area (Å²) in [7, 11) is 0. The summed E-state index contributed by atoms with van der Waals surface area (Å²) in [6.07, 6.45) is 3.11. The summed E-state index contributed by atoms with van der Waals surface area (Å²) < 4.78 is 0. The van der Waals surface area contributed by atoms with Crippen LogP contribution in [0.1, 0.15) is 34.3 Å². The number of hydrogen-bond donors (Lipinski definition) is 2. The number of carbonyl (C=O) groups is 1. The number of amides is 1. The van der Waals surface area contributed by atoms with Crippen molar-refractivity contribution in [3.63, 3.8) is 0 Å². The first-order valence-corrected chi connectivity index (χ1v) is 7.90. The highest BCUT2D eigenvalue weighted by atomic mass is 35.5. The van der Waals surface area contributed by atoms with Gasteiger partial charge in [0, 0.05) is 18.2 Å². The molecule has 3 rings (SSSR count). The van der Waals surface area contributed by atoms with E-state index in [1.54, 1.807) is 0 Å². The van der Waals surface area contributed by atoms with Crippen LogP contribution in [-0.2, 0) is 6.42 Å². The maximum absolute atomic E-state index is 12.6. The lowest BCUT2D eigenvalue weighted by Gasteiger charge is -2.17. The van der Waals surface area contributed by atoms with Crippen LogP contribution in [0.5, 0.6) is 0 Å². The highest BCUT2D eigenvalue weighted by Gasteiger charge is 2.31. The fourth-order valence-corrected chi connectivity index (χ4v) is 2.83. The molecule has 2 aromatic rings. The molecular formula is C19H23ClN2O. The number of nitrogens with one attached hydrogen (secondary N) is 1. The zero-order chi connectivity index (χ0) is 15.4. The predicted molar refractivity (Wildman–Crippen MR) is 96.0 cm³/mol. The lowest BCUT2D eigenvalue weighted by atomic mass is 9.99. The molecule has 0 bridgehead atoms. The molecular weight excluding hydrogens is 308 g/mol. The number of halogens is 1. The van der Waals surface area contributed by atoms with Gasteiger partial charge in [-0.1, -0.05) is 48.5 Å². The molecule has 3 N–H and O–H groups in total. The van der Waals surface area contributed by atoms with Crippen LogP contribution in [0.15, 0.2) is 54.6 Å². The van der Waals surface area contributed by atoms with Crippen molar-refractivity contribution in [2.75, 3.05) is 6.54 Å². The fourth-order valence-electron chi connectivity index (χ4n) is 2.83. The number of rotatable bonds is 6. The molecule has 0 aromatic heterocycles. The second-order valence-electron chi connectivity index (χ2n) is 5.97. The molecule has 0 spiro atoms. The largest absolute Gasteiger partial charge is 0.348 e. The Kier molecular flexibility index (Phi) is 6.20. The molecule has 122 valence electrons. The van der Waals surface area contributed by atoms with E-state index in [9.17, 15) is 4.79 Å². The van der Waals surface area contributed by atoms with Crippen LogP contribution in [0.25, 0.3) is 0 Å². The minimum atomic E-state index is -0.00567. The van der Waals surface area contributed by atoms with Crippen LogP contribution < -0.4 is 11.1 Å². The molecule has 23 heavy (non-hydrogen) atoms. The van der Waals surface area contributed by atoms with Crippen molar-refractivity contribution in [3.8, 4) is 0 Å². The molecule has 1 unspecified atom stereocenters. The molecule has 0 heterocycles. The normalized spacial score (nSPS) is 14.7. The number of nitrogens with two attached hydrogens (primary N) is 1. The monoisotopic (exact) mass is 330 g/mol. The third-order valence-electron chi connectivity index (χ3n) is 4.26. The Morgan fingerprint density at radius 2 is 1.74 bits per heavy atom. The number of carbonyl (C=O) groups excluding carboxylic acids is 1. The second-order valence-corrected chi connectivity index (χ2v) is 5.97. The molecule has 3 nitrogen and oxygen atoms in total. The Balaban J connectivity index is 0.00000192. The second kappa shape index (κ2) is 8.14. The van der Waals surface area contributed by atoms with E-state index < -0.39 is 0 Å². The Bertz CT molecular complexity index is 641. The predicted octanol–water partition coefficient (Wildman–Crippen LogP) is 3.17. The van der Waals surface area contributed by atoms with Gasteiger partial charge in [-0.25, -0.2) is 0 Å². The number of benzene rings is 2. The van der Waals surface area contributed by atoms with Crippen molar-refractivity contribution in [3.05, 3.63) is 71.3 Å². The fraction of sp³-hybridized carbons (Fsp3) is 0.316. The van der Waals surface area contributed by atoms with Gasteiger partial charge in [0.05, 0.1) is 0 Å².